The first-order chi connectivity index (χ1) is 15.1. The average Bonchev–Trinajstić information content (AvgIpc) is 3.14. The molecule has 0 unspecified atom stereocenters. The molecular weight excluding hydrogens is 559 g/mol. The first kappa shape index (κ1) is 25.7. The Hall–Kier alpha value is -0.940. The smallest absolute Gasteiger partial charge is 0.207 e. The monoisotopic (exact) mass is 580 g/mol. The number of unbranched alkanes of at least 4 members (excludes halogenated alkanes) is 1. The molecule has 1 saturated heterocycles. The molecular formula is C21H23BrCl2N2O4S2. The van der Waals surface area contributed by atoms with Crippen molar-refractivity contribution in [3.63, 3.8) is 0 Å². The summed E-state index contributed by atoms with van der Waals surface area (Å²) in [5.41, 5.74) is 0. The zero-order chi connectivity index (χ0) is 23.4. The summed E-state index contributed by atoms with van der Waals surface area (Å²) in [5.74, 6) is 0. The molecule has 11 heteroatoms. The van der Waals surface area contributed by atoms with Gasteiger partial charge in [-0.1, -0.05) is 51.3 Å². The van der Waals surface area contributed by atoms with Crippen LogP contribution in [0.3, 0.4) is 0 Å². The van der Waals surface area contributed by atoms with Gasteiger partial charge < -0.3 is 0 Å². The van der Waals surface area contributed by atoms with Gasteiger partial charge in [0.2, 0.25) is 20.0 Å². The summed E-state index contributed by atoms with van der Waals surface area (Å²) in [5, 5.41) is 1.71. The van der Waals surface area contributed by atoms with Gasteiger partial charge in [-0.2, -0.15) is 4.31 Å². The van der Waals surface area contributed by atoms with Crippen molar-refractivity contribution in [3.8, 4) is 0 Å². The largest absolute Gasteiger partial charge is 0.243 e. The van der Waals surface area contributed by atoms with E-state index in [1.54, 1.807) is 0 Å². The maximum absolute atomic E-state index is 13.3. The number of hydrogen-bond acceptors (Lipinski definition) is 4. The van der Waals surface area contributed by atoms with Crippen LogP contribution in [0.25, 0.3) is 0 Å². The zero-order valence-corrected chi connectivity index (χ0v) is 21.7. The number of sulfonamides is 2. The van der Waals surface area contributed by atoms with E-state index in [4.69, 9.17) is 23.2 Å². The van der Waals surface area contributed by atoms with Crippen LogP contribution in [0.5, 0.6) is 0 Å². The van der Waals surface area contributed by atoms with Crippen LogP contribution in [0.1, 0.15) is 19.3 Å². The summed E-state index contributed by atoms with van der Waals surface area (Å²) in [6, 6.07) is 10.7. The number of halogens is 3. The first-order valence-corrected chi connectivity index (χ1v) is 14.7. The lowest BCUT2D eigenvalue weighted by Gasteiger charge is -2.22. The fourth-order valence-corrected chi connectivity index (χ4v) is 6.92. The van der Waals surface area contributed by atoms with E-state index in [1.165, 1.54) is 52.8 Å². The Balaban J connectivity index is 1.85. The Labute approximate surface area is 207 Å². The Morgan fingerprint density at radius 1 is 0.969 bits per heavy atom. The van der Waals surface area contributed by atoms with E-state index >= 15 is 0 Å². The van der Waals surface area contributed by atoms with Crippen molar-refractivity contribution in [2.75, 3.05) is 11.9 Å². The number of nitrogens with zero attached hydrogens (tertiary/aromatic N) is 1. The molecule has 0 radical (unpaired) electrons. The second-order valence-electron chi connectivity index (χ2n) is 7.36. The molecule has 1 fully saturated rings. The van der Waals surface area contributed by atoms with Crippen molar-refractivity contribution >= 4 is 59.2 Å². The molecule has 2 aromatic carbocycles. The van der Waals surface area contributed by atoms with Gasteiger partial charge in [0.15, 0.2) is 0 Å². The van der Waals surface area contributed by atoms with Gasteiger partial charge in [-0.25, -0.2) is 21.6 Å². The Morgan fingerprint density at radius 3 is 2.09 bits per heavy atom. The number of benzene rings is 2. The van der Waals surface area contributed by atoms with Gasteiger partial charge in [0.25, 0.3) is 0 Å². The normalized spacial score (nSPS) is 20.2. The molecule has 0 saturated carbocycles. The molecule has 1 heterocycles. The highest BCUT2D eigenvalue weighted by Crippen LogP contribution is 2.29. The summed E-state index contributed by atoms with van der Waals surface area (Å²) >= 11 is 15.1. The lowest BCUT2D eigenvalue weighted by molar-refractivity contribution is 0.428. The van der Waals surface area contributed by atoms with Crippen molar-refractivity contribution in [1.29, 1.82) is 0 Å². The molecule has 0 amide bonds. The minimum Gasteiger partial charge on any atom is -0.207 e. The third-order valence-corrected chi connectivity index (χ3v) is 9.53. The van der Waals surface area contributed by atoms with Crippen LogP contribution in [-0.4, -0.2) is 45.1 Å². The van der Waals surface area contributed by atoms with E-state index < -0.39 is 32.1 Å². The Bertz CT molecular complexity index is 1160. The molecule has 0 bridgehead atoms. The van der Waals surface area contributed by atoms with E-state index in [9.17, 15) is 16.8 Å². The highest BCUT2D eigenvalue weighted by molar-refractivity contribution is 9.09. The van der Waals surface area contributed by atoms with E-state index in [1.807, 2.05) is 12.2 Å². The van der Waals surface area contributed by atoms with Gasteiger partial charge in [0.1, 0.15) is 0 Å². The maximum atomic E-state index is 13.3. The fraction of sp³-hybridized carbons (Fsp3) is 0.333. The Morgan fingerprint density at radius 2 is 1.53 bits per heavy atom. The molecule has 2 atom stereocenters. The molecule has 1 aliphatic rings. The number of rotatable bonds is 9. The van der Waals surface area contributed by atoms with Crippen molar-refractivity contribution < 1.29 is 16.8 Å². The summed E-state index contributed by atoms with van der Waals surface area (Å²) in [6.07, 6.45) is 5.81. The van der Waals surface area contributed by atoms with Crippen LogP contribution in [0.2, 0.25) is 10.0 Å². The lowest BCUT2D eigenvalue weighted by atomic mass is 10.1. The second-order valence-corrected chi connectivity index (χ2v) is 12.6. The van der Waals surface area contributed by atoms with Crippen LogP contribution in [0, 0.1) is 0 Å². The van der Waals surface area contributed by atoms with Crippen LogP contribution < -0.4 is 4.72 Å². The van der Waals surface area contributed by atoms with Crippen LogP contribution in [-0.2, 0) is 20.0 Å². The van der Waals surface area contributed by atoms with Crippen LogP contribution in [0.4, 0.5) is 0 Å². The average molecular weight is 582 g/mol. The van der Waals surface area contributed by atoms with Crippen molar-refractivity contribution in [2.24, 2.45) is 0 Å². The summed E-state index contributed by atoms with van der Waals surface area (Å²) in [4.78, 5) is 0.187. The third-order valence-electron chi connectivity index (χ3n) is 5.02. The maximum Gasteiger partial charge on any atom is 0.243 e. The SMILES string of the molecule is O=S(=O)(N[C@@H]1C[C@@H](C=CCCCBr)N(S(=O)(=O)c2ccc(Cl)cc2)C1)c1ccc(Cl)cc1. The zero-order valence-electron chi connectivity index (χ0n) is 17.0. The quantitative estimate of drug-likeness (QED) is 0.261. The summed E-state index contributed by atoms with van der Waals surface area (Å²) in [7, 11) is -7.67. The van der Waals surface area contributed by atoms with Gasteiger partial charge >= 0.3 is 0 Å². The molecule has 174 valence electrons. The van der Waals surface area contributed by atoms with Gasteiger partial charge in [-0.15, -0.1) is 0 Å². The molecule has 0 aliphatic carbocycles. The standard InChI is InChI=1S/C21H23BrCl2N2O4S2/c22-13-3-1-2-4-19-14-18(25-31(27,28)20-9-5-16(23)6-10-20)15-26(19)32(29,30)21-11-7-17(24)8-12-21/h2,4-12,18-19,25H,1,3,13-15H2/t18-,19-/m1/s1. The van der Waals surface area contributed by atoms with E-state index in [0.717, 1.165) is 18.2 Å². The third kappa shape index (κ3) is 6.34. The van der Waals surface area contributed by atoms with Crippen molar-refractivity contribution in [2.45, 2.75) is 41.1 Å². The van der Waals surface area contributed by atoms with E-state index in [-0.39, 0.29) is 16.3 Å². The highest BCUT2D eigenvalue weighted by atomic mass is 79.9. The first-order valence-electron chi connectivity index (χ1n) is 9.91. The number of hydrogen-bond donors (Lipinski definition) is 1. The topological polar surface area (TPSA) is 83.6 Å². The molecule has 0 spiro atoms. The fourth-order valence-electron chi connectivity index (χ4n) is 3.46. The molecule has 2 aromatic rings. The predicted octanol–water partition coefficient (Wildman–Crippen LogP) is 4.83. The summed E-state index contributed by atoms with van der Waals surface area (Å²) < 4.78 is 56.2. The van der Waals surface area contributed by atoms with Gasteiger partial charge in [0.05, 0.1) is 9.79 Å². The van der Waals surface area contributed by atoms with E-state index in [2.05, 4.69) is 20.7 Å². The molecule has 3 rings (SSSR count). The summed E-state index contributed by atoms with van der Waals surface area (Å²) in [6.45, 7) is 0.0191. The number of allylic oxidation sites excluding steroid dienone is 1. The lowest BCUT2D eigenvalue weighted by Crippen LogP contribution is -2.39. The molecule has 0 aromatic heterocycles. The van der Waals surface area contributed by atoms with Crippen molar-refractivity contribution in [3.05, 3.63) is 70.7 Å². The molecule has 1 aliphatic heterocycles. The number of nitrogens with one attached hydrogen (secondary N) is 1. The minimum absolute atomic E-state index is 0.0191. The van der Waals surface area contributed by atoms with Gasteiger partial charge in [-0.05, 0) is 67.8 Å². The van der Waals surface area contributed by atoms with Gasteiger partial charge in [0, 0.05) is 34.0 Å². The molecule has 6 nitrogen and oxygen atoms in total. The highest BCUT2D eigenvalue weighted by Gasteiger charge is 2.40. The second kappa shape index (κ2) is 11.0. The number of alkyl halides is 1. The predicted molar refractivity (Wildman–Crippen MR) is 131 cm³/mol. The molecule has 32 heavy (non-hydrogen) atoms. The van der Waals surface area contributed by atoms with Gasteiger partial charge in [-0.3, -0.25) is 0 Å². The molecule has 1 N–H and O–H groups in total. The minimum atomic E-state index is -3.84. The van der Waals surface area contributed by atoms with Crippen LogP contribution in [0.15, 0.2) is 70.5 Å². The van der Waals surface area contributed by atoms with Crippen LogP contribution >= 0.6 is 39.1 Å². The van der Waals surface area contributed by atoms with E-state index in [0.29, 0.717) is 16.5 Å². The van der Waals surface area contributed by atoms with Crippen molar-refractivity contribution in [1.82, 2.24) is 9.03 Å². The Kier molecular flexibility index (Phi) is 8.82.